The number of aliphatic hydroxyl groups excluding tert-OH is 1. The normalized spacial score (nSPS) is 10.6. The Morgan fingerprint density at radius 1 is 1.26 bits per heavy atom. The average Bonchev–Trinajstić information content (AvgIpc) is 3.38. The van der Waals surface area contributed by atoms with E-state index >= 15 is 0 Å². The van der Waals surface area contributed by atoms with Gasteiger partial charge in [0.15, 0.2) is 11.5 Å². The van der Waals surface area contributed by atoms with Crippen molar-refractivity contribution in [3.8, 4) is 22.1 Å². The van der Waals surface area contributed by atoms with E-state index < -0.39 is 0 Å². The number of nitrogens with zero attached hydrogens (tertiary/aromatic N) is 2. The second-order valence-electron chi connectivity index (χ2n) is 5.68. The second-order valence-corrected chi connectivity index (χ2v) is 6.63. The summed E-state index contributed by atoms with van der Waals surface area (Å²) in [6.07, 6.45) is 0. The van der Waals surface area contributed by atoms with Crippen molar-refractivity contribution in [3.05, 3.63) is 53.0 Å². The van der Waals surface area contributed by atoms with Crippen LogP contribution in [0.5, 0.6) is 11.5 Å². The molecule has 2 heterocycles. The Morgan fingerprint density at radius 3 is 2.78 bits per heavy atom. The maximum absolute atomic E-state index is 12.9. The summed E-state index contributed by atoms with van der Waals surface area (Å²) in [6.45, 7) is 0.217. The molecule has 0 bridgehead atoms. The van der Waals surface area contributed by atoms with Gasteiger partial charge in [-0.25, -0.2) is 0 Å². The van der Waals surface area contributed by atoms with Crippen LogP contribution in [0.1, 0.15) is 16.1 Å². The van der Waals surface area contributed by atoms with E-state index in [1.807, 2.05) is 17.5 Å². The van der Waals surface area contributed by atoms with Crippen molar-refractivity contribution < 1.29 is 23.9 Å². The number of hydrogen-bond donors (Lipinski definition) is 1. The molecule has 0 fully saturated rings. The number of carbonyl (C=O) groups is 1. The molecule has 1 amide bonds. The van der Waals surface area contributed by atoms with Crippen LogP contribution in [0.3, 0.4) is 0 Å². The molecule has 0 spiro atoms. The van der Waals surface area contributed by atoms with Gasteiger partial charge in [-0.3, -0.25) is 4.79 Å². The van der Waals surface area contributed by atoms with Gasteiger partial charge in [0.1, 0.15) is 11.5 Å². The Labute approximate surface area is 160 Å². The van der Waals surface area contributed by atoms with Gasteiger partial charge >= 0.3 is 0 Å². The van der Waals surface area contributed by atoms with E-state index in [0.29, 0.717) is 17.3 Å². The fourth-order valence-corrected chi connectivity index (χ4v) is 3.33. The number of amides is 1. The molecule has 0 aliphatic carbocycles. The minimum Gasteiger partial charge on any atom is -0.497 e. The smallest absolute Gasteiger partial charge is 0.276 e. The highest BCUT2D eigenvalue weighted by Gasteiger charge is 2.22. The molecule has 3 rings (SSSR count). The lowest BCUT2D eigenvalue weighted by Gasteiger charge is -2.22. The summed E-state index contributed by atoms with van der Waals surface area (Å²) in [5.41, 5.74) is 0.953. The first kappa shape index (κ1) is 18.9. The first-order chi connectivity index (χ1) is 13.2. The minimum absolute atomic E-state index is 0.153. The van der Waals surface area contributed by atoms with E-state index in [-0.39, 0.29) is 31.3 Å². The molecule has 0 atom stereocenters. The molecule has 1 N–H and O–H groups in total. The number of aliphatic hydroxyl groups is 1. The van der Waals surface area contributed by atoms with Gasteiger partial charge in [-0.05, 0) is 29.6 Å². The highest BCUT2D eigenvalue weighted by molar-refractivity contribution is 7.13. The van der Waals surface area contributed by atoms with Crippen molar-refractivity contribution in [2.45, 2.75) is 6.54 Å². The van der Waals surface area contributed by atoms with Gasteiger partial charge in [-0.1, -0.05) is 11.2 Å². The molecule has 1 aromatic carbocycles. The predicted octanol–water partition coefficient (Wildman–Crippen LogP) is 3.06. The Morgan fingerprint density at radius 2 is 2.11 bits per heavy atom. The molecular weight excluding hydrogens is 368 g/mol. The van der Waals surface area contributed by atoms with Gasteiger partial charge in [0.25, 0.3) is 5.91 Å². The van der Waals surface area contributed by atoms with Gasteiger partial charge in [-0.15, -0.1) is 11.3 Å². The molecule has 0 aliphatic rings. The minimum atomic E-state index is -0.333. The average molecular weight is 388 g/mol. The maximum Gasteiger partial charge on any atom is 0.276 e. The lowest BCUT2D eigenvalue weighted by atomic mass is 10.1. The molecule has 27 heavy (non-hydrogen) atoms. The molecule has 0 radical (unpaired) electrons. The predicted molar refractivity (Wildman–Crippen MR) is 101 cm³/mol. The highest BCUT2D eigenvalue weighted by Crippen LogP contribution is 2.27. The summed E-state index contributed by atoms with van der Waals surface area (Å²) in [4.78, 5) is 15.3. The van der Waals surface area contributed by atoms with Crippen LogP contribution < -0.4 is 9.47 Å². The van der Waals surface area contributed by atoms with Crippen LogP contribution in [0.4, 0.5) is 0 Å². The standard InChI is InChI=1S/C19H20N2O5S/c1-24-14-5-6-16(25-2)13(10-14)12-21(7-8-22)19(23)15-11-17(26-20-15)18-4-3-9-27-18/h3-6,9-11,22H,7-8,12H2,1-2H3. The van der Waals surface area contributed by atoms with Crippen LogP contribution in [-0.2, 0) is 6.54 Å². The van der Waals surface area contributed by atoms with E-state index in [2.05, 4.69) is 5.16 Å². The number of rotatable bonds is 8. The molecule has 7 nitrogen and oxygen atoms in total. The zero-order valence-electron chi connectivity index (χ0n) is 15.0. The largest absolute Gasteiger partial charge is 0.497 e. The first-order valence-electron chi connectivity index (χ1n) is 8.28. The lowest BCUT2D eigenvalue weighted by Crippen LogP contribution is -2.33. The number of benzene rings is 1. The van der Waals surface area contributed by atoms with Crippen molar-refractivity contribution in [2.24, 2.45) is 0 Å². The molecule has 3 aromatic rings. The summed E-state index contributed by atoms with van der Waals surface area (Å²) in [7, 11) is 3.14. The number of hydrogen-bond acceptors (Lipinski definition) is 7. The van der Waals surface area contributed by atoms with Crippen molar-refractivity contribution in [2.75, 3.05) is 27.4 Å². The third-order valence-corrected chi connectivity index (χ3v) is 4.88. The summed E-state index contributed by atoms with van der Waals surface area (Å²) < 4.78 is 15.9. The maximum atomic E-state index is 12.9. The molecule has 0 saturated carbocycles. The van der Waals surface area contributed by atoms with Crippen LogP contribution in [0.15, 0.2) is 46.3 Å². The number of aromatic nitrogens is 1. The van der Waals surface area contributed by atoms with Crippen LogP contribution >= 0.6 is 11.3 Å². The third kappa shape index (κ3) is 4.29. The third-order valence-electron chi connectivity index (χ3n) is 4.00. The molecule has 2 aromatic heterocycles. The van der Waals surface area contributed by atoms with Gasteiger partial charge in [0.05, 0.1) is 25.7 Å². The molecule has 142 valence electrons. The molecular formula is C19H20N2O5S. The fraction of sp³-hybridized carbons (Fsp3) is 0.263. The van der Waals surface area contributed by atoms with Gasteiger partial charge in [0, 0.05) is 24.7 Å². The second kappa shape index (κ2) is 8.70. The Hall–Kier alpha value is -2.84. The van der Waals surface area contributed by atoms with Crippen molar-refractivity contribution in [1.82, 2.24) is 10.1 Å². The summed E-state index contributed by atoms with van der Waals surface area (Å²) in [6, 6.07) is 10.8. The number of carbonyl (C=O) groups excluding carboxylic acids is 1. The Balaban J connectivity index is 1.84. The monoisotopic (exact) mass is 388 g/mol. The van der Waals surface area contributed by atoms with Gasteiger partial charge in [0.2, 0.25) is 0 Å². The van der Waals surface area contributed by atoms with Crippen molar-refractivity contribution in [1.29, 1.82) is 0 Å². The SMILES string of the molecule is COc1ccc(OC)c(CN(CCO)C(=O)c2cc(-c3cccs3)on2)c1. The van der Waals surface area contributed by atoms with Crippen LogP contribution in [0.2, 0.25) is 0 Å². The van der Waals surface area contributed by atoms with Crippen molar-refractivity contribution >= 4 is 17.2 Å². The Bertz CT molecular complexity index is 891. The van der Waals surface area contributed by atoms with Crippen LogP contribution in [-0.4, -0.2) is 48.4 Å². The van der Waals surface area contributed by atoms with E-state index in [4.69, 9.17) is 14.0 Å². The van der Waals surface area contributed by atoms with Crippen molar-refractivity contribution in [3.63, 3.8) is 0 Å². The number of thiophene rings is 1. The molecule has 0 saturated heterocycles. The summed E-state index contributed by atoms with van der Waals surface area (Å²) in [5.74, 6) is 1.49. The molecule has 8 heteroatoms. The van der Waals surface area contributed by atoms with Crippen LogP contribution in [0.25, 0.3) is 10.6 Å². The number of ether oxygens (including phenoxy) is 2. The number of methoxy groups -OCH3 is 2. The highest BCUT2D eigenvalue weighted by atomic mass is 32.1. The van der Waals surface area contributed by atoms with Gasteiger partial charge < -0.3 is 24.0 Å². The van der Waals surface area contributed by atoms with E-state index in [9.17, 15) is 9.90 Å². The quantitative estimate of drug-likeness (QED) is 0.638. The van der Waals surface area contributed by atoms with E-state index in [1.54, 1.807) is 38.5 Å². The summed E-state index contributed by atoms with van der Waals surface area (Å²) >= 11 is 1.50. The van der Waals surface area contributed by atoms with E-state index in [0.717, 1.165) is 10.4 Å². The zero-order valence-corrected chi connectivity index (χ0v) is 15.9. The molecule has 0 unspecified atom stereocenters. The van der Waals surface area contributed by atoms with Gasteiger partial charge in [-0.2, -0.15) is 0 Å². The fourth-order valence-electron chi connectivity index (χ4n) is 2.66. The Kier molecular flexibility index (Phi) is 6.10. The molecule has 0 aliphatic heterocycles. The topological polar surface area (TPSA) is 85.0 Å². The van der Waals surface area contributed by atoms with Crippen LogP contribution in [0, 0.1) is 0 Å². The summed E-state index contributed by atoms with van der Waals surface area (Å²) in [5, 5.41) is 15.2. The zero-order chi connectivity index (χ0) is 19.2. The first-order valence-corrected chi connectivity index (χ1v) is 9.16. The van der Waals surface area contributed by atoms with E-state index in [1.165, 1.54) is 16.2 Å². The lowest BCUT2D eigenvalue weighted by molar-refractivity contribution is 0.0696.